The Morgan fingerprint density at radius 3 is 2.43 bits per heavy atom. The lowest BCUT2D eigenvalue weighted by molar-refractivity contribution is 0.0696. The third kappa shape index (κ3) is 4.28. The summed E-state index contributed by atoms with van der Waals surface area (Å²) in [4.78, 5) is 10.9. The van der Waals surface area contributed by atoms with Crippen molar-refractivity contribution in [1.82, 2.24) is 0 Å². The van der Waals surface area contributed by atoms with Gasteiger partial charge >= 0.3 is 5.97 Å². The van der Waals surface area contributed by atoms with Gasteiger partial charge in [0, 0.05) is 0 Å². The maximum Gasteiger partial charge on any atom is 0.337 e. The van der Waals surface area contributed by atoms with Crippen LogP contribution in [0.25, 0.3) is 0 Å². The van der Waals surface area contributed by atoms with Gasteiger partial charge in [-0.1, -0.05) is 35.3 Å². The van der Waals surface area contributed by atoms with Crippen molar-refractivity contribution >= 4 is 29.2 Å². The minimum Gasteiger partial charge on any atom is -0.490 e. The van der Waals surface area contributed by atoms with Crippen LogP contribution in [0.15, 0.2) is 42.5 Å². The van der Waals surface area contributed by atoms with Crippen molar-refractivity contribution in [3.63, 3.8) is 0 Å². The quantitative estimate of drug-likeness (QED) is 0.810. The summed E-state index contributed by atoms with van der Waals surface area (Å²) >= 11 is 11.7. The van der Waals surface area contributed by atoms with Crippen molar-refractivity contribution in [1.29, 1.82) is 0 Å². The van der Waals surface area contributed by atoms with E-state index in [1.807, 2.05) is 12.1 Å². The van der Waals surface area contributed by atoms with Crippen LogP contribution in [-0.2, 0) is 0 Å². The van der Waals surface area contributed by atoms with E-state index in [9.17, 15) is 4.79 Å². The molecule has 0 radical (unpaired) electrons. The van der Waals surface area contributed by atoms with Gasteiger partial charge in [-0.05, 0) is 30.3 Å². The molecule has 0 atom stereocenters. The van der Waals surface area contributed by atoms with Gasteiger partial charge in [0.05, 0.1) is 15.6 Å². The second-order valence-corrected chi connectivity index (χ2v) is 4.89. The summed E-state index contributed by atoms with van der Waals surface area (Å²) in [5, 5.41) is 9.66. The average Bonchev–Trinajstić information content (AvgIpc) is 2.46. The van der Waals surface area contributed by atoms with Crippen molar-refractivity contribution in [3.05, 3.63) is 58.1 Å². The Labute approximate surface area is 131 Å². The number of rotatable bonds is 6. The molecule has 2 aromatic carbocycles. The molecule has 2 aromatic rings. The number of carboxylic acids is 1. The molecule has 0 fully saturated rings. The molecule has 0 saturated carbocycles. The van der Waals surface area contributed by atoms with Crippen LogP contribution in [-0.4, -0.2) is 24.3 Å². The van der Waals surface area contributed by atoms with Gasteiger partial charge in [0.1, 0.15) is 24.7 Å². The lowest BCUT2D eigenvalue weighted by Gasteiger charge is -2.10. The van der Waals surface area contributed by atoms with Crippen molar-refractivity contribution < 1.29 is 19.4 Å². The number of benzene rings is 2. The zero-order valence-electron chi connectivity index (χ0n) is 10.9. The van der Waals surface area contributed by atoms with Crippen LogP contribution in [0, 0.1) is 0 Å². The molecule has 0 amide bonds. The van der Waals surface area contributed by atoms with Gasteiger partial charge in [-0.2, -0.15) is 0 Å². The van der Waals surface area contributed by atoms with Crippen molar-refractivity contribution in [2.24, 2.45) is 0 Å². The van der Waals surface area contributed by atoms with Gasteiger partial charge in [0.2, 0.25) is 0 Å². The standard InChI is InChI=1S/C15H12Cl2O4/c16-12-6-5-10(9-11(12)15(18)19)20-7-8-21-14-4-2-1-3-13(14)17/h1-6,9H,7-8H2,(H,18,19). The number of para-hydroxylation sites is 1. The Kier molecular flexibility index (Phi) is 5.31. The molecule has 1 N–H and O–H groups in total. The van der Waals surface area contributed by atoms with Crippen LogP contribution < -0.4 is 9.47 Å². The maximum atomic E-state index is 10.9. The molecule has 110 valence electrons. The van der Waals surface area contributed by atoms with Gasteiger partial charge in [-0.3, -0.25) is 0 Å². The van der Waals surface area contributed by atoms with E-state index in [1.54, 1.807) is 18.2 Å². The first-order valence-corrected chi connectivity index (χ1v) is 6.86. The molecule has 21 heavy (non-hydrogen) atoms. The normalized spacial score (nSPS) is 10.2. The third-order valence-corrected chi connectivity index (χ3v) is 3.26. The Morgan fingerprint density at radius 1 is 1.00 bits per heavy atom. The summed E-state index contributed by atoms with van der Waals surface area (Å²) in [6.45, 7) is 0.542. The minimum atomic E-state index is -1.10. The van der Waals surface area contributed by atoms with Crippen LogP contribution in [0.4, 0.5) is 0 Å². The molecule has 0 aliphatic carbocycles. The number of halogens is 2. The van der Waals surface area contributed by atoms with Gasteiger partial charge in [0.25, 0.3) is 0 Å². The van der Waals surface area contributed by atoms with E-state index in [2.05, 4.69) is 0 Å². The number of hydrogen-bond acceptors (Lipinski definition) is 3. The first-order valence-electron chi connectivity index (χ1n) is 6.11. The molecule has 0 unspecified atom stereocenters. The predicted molar refractivity (Wildman–Crippen MR) is 80.9 cm³/mol. The zero-order valence-corrected chi connectivity index (χ0v) is 12.4. The lowest BCUT2D eigenvalue weighted by Crippen LogP contribution is -2.09. The van der Waals surface area contributed by atoms with Gasteiger partial charge in [-0.15, -0.1) is 0 Å². The fraction of sp³-hybridized carbons (Fsp3) is 0.133. The zero-order chi connectivity index (χ0) is 15.2. The van der Waals surface area contributed by atoms with E-state index in [4.69, 9.17) is 37.8 Å². The highest BCUT2D eigenvalue weighted by Crippen LogP contribution is 2.24. The summed E-state index contributed by atoms with van der Waals surface area (Å²) < 4.78 is 10.9. The SMILES string of the molecule is O=C(O)c1cc(OCCOc2ccccc2Cl)ccc1Cl. The molecule has 0 spiro atoms. The molecule has 4 nitrogen and oxygen atoms in total. The molecule has 2 rings (SSSR count). The third-order valence-electron chi connectivity index (χ3n) is 2.61. The Bertz CT molecular complexity index is 643. The summed E-state index contributed by atoms with van der Waals surface area (Å²) in [5.74, 6) is -0.109. The lowest BCUT2D eigenvalue weighted by atomic mass is 10.2. The van der Waals surface area contributed by atoms with E-state index in [-0.39, 0.29) is 23.8 Å². The highest BCUT2D eigenvalue weighted by molar-refractivity contribution is 6.33. The van der Waals surface area contributed by atoms with E-state index in [0.717, 1.165) is 0 Å². The average molecular weight is 327 g/mol. The Balaban J connectivity index is 1.88. The number of ether oxygens (including phenoxy) is 2. The summed E-state index contributed by atoms with van der Waals surface area (Å²) in [6, 6.07) is 11.6. The summed E-state index contributed by atoms with van der Waals surface area (Å²) in [6.07, 6.45) is 0. The smallest absolute Gasteiger partial charge is 0.337 e. The fourth-order valence-electron chi connectivity index (χ4n) is 1.63. The van der Waals surface area contributed by atoms with Crippen LogP contribution in [0.3, 0.4) is 0 Å². The monoisotopic (exact) mass is 326 g/mol. The largest absolute Gasteiger partial charge is 0.490 e. The topological polar surface area (TPSA) is 55.8 Å². The molecule has 0 aromatic heterocycles. The second-order valence-electron chi connectivity index (χ2n) is 4.07. The minimum absolute atomic E-state index is 0.00110. The van der Waals surface area contributed by atoms with Crippen LogP contribution >= 0.6 is 23.2 Å². The number of aromatic carboxylic acids is 1. The predicted octanol–water partition coefficient (Wildman–Crippen LogP) is 4.15. The van der Waals surface area contributed by atoms with Gasteiger partial charge < -0.3 is 14.6 Å². The molecule has 0 saturated heterocycles. The summed E-state index contributed by atoms with van der Waals surface area (Å²) in [5.41, 5.74) is 0.00110. The Hall–Kier alpha value is -1.91. The summed E-state index contributed by atoms with van der Waals surface area (Å²) in [7, 11) is 0. The van der Waals surface area contributed by atoms with E-state index in [0.29, 0.717) is 16.5 Å². The molecule has 6 heteroatoms. The number of hydrogen-bond donors (Lipinski definition) is 1. The fourth-order valence-corrected chi connectivity index (χ4v) is 2.02. The van der Waals surface area contributed by atoms with E-state index < -0.39 is 5.97 Å². The molecule has 0 bridgehead atoms. The van der Waals surface area contributed by atoms with Crippen molar-refractivity contribution in [2.45, 2.75) is 0 Å². The van der Waals surface area contributed by atoms with Gasteiger partial charge in [0.15, 0.2) is 0 Å². The second kappa shape index (κ2) is 7.20. The molecule has 0 heterocycles. The molecular formula is C15H12Cl2O4. The number of carbonyl (C=O) groups is 1. The maximum absolute atomic E-state index is 10.9. The van der Waals surface area contributed by atoms with Crippen LogP contribution in [0.2, 0.25) is 10.0 Å². The van der Waals surface area contributed by atoms with Gasteiger partial charge in [-0.25, -0.2) is 4.79 Å². The number of carboxylic acid groups (broad SMARTS) is 1. The first kappa shape index (κ1) is 15.5. The van der Waals surface area contributed by atoms with Crippen molar-refractivity contribution in [3.8, 4) is 11.5 Å². The molecule has 0 aliphatic heterocycles. The highest BCUT2D eigenvalue weighted by Gasteiger charge is 2.10. The van der Waals surface area contributed by atoms with E-state index in [1.165, 1.54) is 12.1 Å². The highest BCUT2D eigenvalue weighted by atomic mass is 35.5. The first-order chi connectivity index (χ1) is 10.1. The van der Waals surface area contributed by atoms with E-state index >= 15 is 0 Å². The molecule has 0 aliphatic rings. The Morgan fingerprint density at radius 2 is 1.71 bits per heavy atom. The van der Waals surface area contributed by atoms with Crippen LogP contribution in [0.5, 0.6) is 11.5 Å². The molecular weight excluding hydrogens is 315 g/mol. The van der Waals surface area contributed by atoms with Crippen LogP contribution in [0.1, 0.15) is 10.4 Å². The van der Waals surface area contributed by atoms with Crippen molar-refractivity contribution in [2.75, 3.05) is 13.2 Å².